The van der Waals surface area contributed by atoms with Gasteiger partial charge < -0.3 is 15.7 Å². The Hall–Kier alpha value is -2.11. The molecule has 0 aromatic carbocycles. The highest BCUT2D eigenvalue weighted by Gasteiger charge is 2.09. The number of hydrogen-bond donors (Lipinski definition) is 2. The Morgan fingerprint density at radius 3 is 2.79 bits per heavy atom. The summed E-state index contributed by atoms with van der Waals surface area (Å²) in [6.07, 6.45) is 0. The van der Waals surface area contributed by atoms with Gasteiger partial charge in [0.1, 0.15) is 11.4 Å². The summed E-state index contributed by atoms with van der Waals surface area (Å²) >= 11 is 0. The summed E-state index contributed by atoms with van der Waals surface area (Å²) in [5, 5.41) is 11.1. The maximum Gasteiger partial charge on any atom is 0.356 e. The number of esters is 1. The minimum Gasteiger partial charge on any atom is -0.464 e. The molecule has 0 aliphatic rings. The fraction of sp³-hybridized carbons (Fsp3) is 0.125. The molecule has 0 aliphatic carbocycles. The van der Waals surface area contributed by atoms with Crippen LogP contribution in [0.25, 0.3) is 0 Å². The first-order chi connectivity index (χ1) is 6.69. The van der Waals surface area contributed by atoms with Gasteiger partial charge in [-0.05, 0) is 12.1 Å². The first kappa shape index (κ1) is 9.97. The average molecular weight is 195 g/mol. The Bertz CT molecular complexity index is 376. The second-order valence-electron chi connectivity index (χ2n) is 2.38. The summed E-state index contributed by atoms with van der Waals surface area (Å²) in [4.78, 5) is 14.9. The van der Waals surface area contributed by atoms with E-state index >= 15 is 0 Å². The third-order valence-electron chi connectivity index (χ3n) is 1.51. The second-order valence-corrected chi connectivity index (χ2v) is 2.38. The topological polar surface area (TPSA) is 97.8 Å². The van der Waals surface area contributed by atoms with Crippen molar-refractivity contribution in [2.45, 2.75) is 0 Å². The van der Waals surface area contributed by atoms with Crippen LogP contribution in [-0.4, -0.2) is 29.1 Å². The lowest BCUT2D eigenvalue weighted by molar-refractivity contribution is 0.0594. The van der Waals surface area contributed by atoms with Crippen LogP contribution >= 0.6 is 0 Å². The number of ether oxygens (including phenoxy) is 1. The molecule has 0 bridgehead atoms. The molecule has 1 heterocycles. The maximum atomic E-state index is 11.0. The van der Waals surface area contributed by atoms with E-state index < -0.39 is 5.97 Å². The van der Waals surface area contributed by atoms with E-state index in [0.717, 1.165) is 0 Å². The minimum atomic E-state index is -0.572. The Labute approximate surface area is 80.0 Å². The van der Waals surface area contributed by atoms with Gasteiger partial charge in [0, 0.05) is 0 Å². The summed E-state index contributed by atoms with van der Waals surface area (Å²) in [6.45, 7) is 0. The van der Waals surface area contributed by atoms with Crippen LogP contribution in [0.5, 0.6) is 0 Å². The van der Waals surface area contributed by atoms with Gasteiger partial charge in [0.15, 0.2) is 5.84 Å². The number of carbonyl (C=O) groups excluding carboxylic acids is 1. The first-order valence-corrected chi connectivity index (χ1v) is 3.72. The van der Waals surface area contributed by atoms with Gasteiger partial charge in [-0.3, -0.25) is 0 Å². The summed E-state index contributed by atoms with van der Waals surface area (Å²) in [6, 6.07) is 4.55. The van der Waals surface area contributed by atoms with Crippen LogP contribution in [0.2, 0.25) is 0 Å². The van der Waals surface area contributed by atoms with Gasteiger partial charge in [0.25, 0.3) is 0 Å². The van der Waals surface area contributed by atoms with Crippen LogP contribution in [0.4, 0.5) is 0 Å². The summed E-state index contributed by atoms with van der Waals surface area (Å²) < 4.78 is 4.46. The largest absolute Gasteiger partial charge is 0.464 e. The molecule has 0 aliphatic heterocycles. The first-order valence-electron chi connectivity index (χ1n) is 3.72. The van der Waals surface area contributed by atoms with Crippen molar-refractivity contribution >= 4 is 11.8 Å². The molecule has 74 valence electrons. The zero-order chi connectivity index (χ0) is 10.6. The Kier molecular flexibility index (Phi) is 3.01. The Morgan fingerprint density at radius 2 is 2.21 bits per heavy atom. The predicted molar refractivity (Wildman–Crippen MR) is 48.1 cm³/mol. The van der Waals surface area contributed by atoms with E-state index in [1.165, 1.54) is 19.2 Å². The number of carbonyl (C=O) groups is 1. The average Bonchev–Trinajstić information content (AvgIpc) is 2.27. The van der Waals surface area contributed by atoms with E-state index in [1.54, 1.807) is 6.07 Å². The van der Waals surface area contributed by atoms with Gasteiger partial charge in [-0.1, -0.05) is 11.2 Å². The lowest BCUT2D eigenvalue weighted by atomic mass is 10.3. The van der Waals surface area contributed by atoms with Gasteiger partial charge >= 0.3 is 5.97 Å². The van der Waals surface area contributed by atoms with Crippen LogP contribution in [0.3, 0.4) is 0 Å². The molecule has 0 spiro atoms. The maximum absolute atomic E-state index is 11.0. The van der Waals surface area contributed by atoms with Crippen molar-refractivity contribution in [3.05, 3.63) is 29.6 Å². The molecule has 0 saturated carbocycles. The number of rotatable bonds is 2. The van der Waals surface area contributed by atoms with Gasteiger partial charge in [0.05, 0.1) is 7.11 Å². The summed E-state index contributed by atoms with van der Waals surface area (Å²) in [5.41, 5.74) is 5.62. The van der Waals surface area contributed by atoms with E-state index in [4.69, 9.17) is 10.9 Å². The highest BCUT2D eigenvalue weighted by Crippen LogP contribution is 2.00. The molecular formula is C8H9N3O3. The third kappa shape index (κ3) is 1.98. The number of hydrogen-bond acceptors (Lipinski definition) is 5. The SMILES string of the molecule is COC(=O)c1cccc(C(N)=NO)n1. The molecule has 6 heteroatoms. The quantitative estimate of drug-likeness (QED) is 0.227. The molecule has 3 N–H and O–H groups in total. The van der Waals surface area contributed by atoms with E-state index in [-0.39, 0.29) is 17.2 Å². The normalized spacial score (nSPS) is 11.1. The van der Waals surface area contributed by atoms with Gasteiger partial charge in [-0.15, -0.1) is 0 Å². The highest BCUT2D eigenvalue weighted by atomic mass is 16.5. The zero-order valence-corrected chi connectivity index (χ0v) is 7.47. The van der Waals surface area contributed by atoms with Gasteiger partial charge in [-0.2, -0.15) is 0 Å². The molecule has 0 radical (unpaired) electrons. The molecule has 6 nitrogen and oxygen atoms in total. The number of pyridine rings is 1. The standard InChI is InChI=1S/C8H9N3O3/c1-14-8(12)6-4-2-3-5(10-6)7(9)11-13/h2-4,13H,1H3,(H2,9,11). The van der Waals surface area contributed by atoms with E-state index in [0.29, 0.717) is 0 Å². The van der Waals surface area contributed by atoms with Crippen molar-refractivity contribution < 1.29 is 14.7 Å². The van der Waals surface area contributed by atoms with Crippen molar-refractivity contribution in [2.24, 2.45) is 10.9 Å². The molecule has 1 aromatic heterocycles. The number of nitrogens with two attached hydrogens (primary N) is 1. The van der Waals surface area contributed by atoms with Crippen LogP contribution in [0, 0.1) is 0 Å². The number of oxime groups is 1. The highest BCUT2D eigenvalue weighted by molar-refractivity contribution is 5.96. The van der Waals surface area contributed by atoms with Gasteiger partial charge in [0.2, 0.25) is 0 Å². The fourth-order valence-electron chi connectivity index (χ4n) is 0.847. The second kappa shape index (κ2) is 4.22. The van der Waals surface area contributed by atoms with Crippen molar-refractivity contribution in [1.82, 2.24) is 4.98 Å². The smallest absolute Gasteiger partial charge is 0.356 e. The molecule has 0 amide bonds. The number of methoxy groups -OCH3 is 1. The van der Waals surface area contributed by atoms with Crippen LogP contribution in [0.1, 0.15) is 16.2 Å². The molecule has 0 saturated heterocycles. The molecular weight excluding hydrogens is 186 g/mol. The van der Waals surface area contributed by atoms with Crippen molar-refractivity contribution in [2.75, 3.05) is 7.11 Å². The predicted octanol–water partition coefficient (Wildman–Crippen LogP) is -0.0373. The van der Waals surface area contributed by atoms with Crippen LogP contribution < -0.4 is 5.73 Å². The minimum absolute atomic E-state index is 0.108. The zero-order valence-electron chi connectivity index (χ0n) is 7.47. The van der Waals surface area contributed by atoms with Crippen LogP contribution in [0.15, 0.2) is 23.4 Å². The number of amidine groups is 1. The number of nitrogens with zero attached hydrogens (tertiary/aromatic N) is 2. The molecule has 0 unspecified atom stereocenters. The summed E-state index contributed by atoms with van der Waals surface area (Å²) in [7, 11) is 1.25. The van der Waals surface area contributed by atoms with E-state index in [9.17, 15) is 4.79 Å². The fourth-order valence-corrected chi connectivity index (χ4v) is 0.847. The van der Waals surface area contributed by atoms with Crippen molar-refractivity contribution in [1.29, 1.82) is 0 Å². The lowest BCUT2D eigenvalue weighted by Crippen LogP contribution is -2.17. The molecule has 14 heavy (non-hydrogen) atoms. The van der Waals surface area contributed by atoms with Crippen molar-refractivity contribution in [3.63, 3.8) is 0 Å². The van der Waals surface area contributed by atoms with Crippen LogP contribution in [-0.2, 0) is 4.74 Å². The molecule has 0 atom stereocenters. The molecule has 1 rings (SSSR count). The van der Waals surface area contributed by atoms with E-state index in [1.807, 2.05) is 0 Å². The summed E-state index contributed by atoms with van der Waals surface area (Å²) in [5.74, 6) is -0.728. The third-order valence-corrected chi connectivity index (χ3v) is 1.51. The lowest BCUT2D eigenvalue weighted by Gasteiger charge is -2.00. The number of aromatic nitrogens is 1. The monoisotopic (exact) mass is 195 g/mol. The Balaban J connectivity index is 3.07. The van der Waals surface area contributed by atoms with Gasteiger partial charge in [-0.25, -0.2) is 9.78 Å². The van der Waals surface area contributed by atoms with E-state index in [2.05, 4.69) is 14.9 Å². The molecule has 1 aromatic rings. The Morgan fingerprint density at radius 1 is 1.57 bits per heavy atom. The molecule has 0 fully saturated rings. The van der Waals surface area contributed by atoms with Crippen molar-refractivity contribution in [3.8, 4) is 0 Å².